The Labute approximate surface area is 342 Å². The van der Waals surface area contributed by atoms with Gasteiger partial charge in [0.05, 0.1) is 48.8 Å². The van der Waals surface area contributed by atoms with Crippen molar-refractivity contribution in [1.29, 1.82) is 0 Å². The number of rotatable bonds is 6. The number of amides is 4. The van der Waals surface area contributed by atoms with E-state index in [0.717, 1.165) is 25.2 Å². The van der Waals surface area contributed by atoms with Crippen LogP contribution in [0.25, 0.3) is 0 Å². The first kappa shape index (κ1) is 44.7. The first-order chi connectivity index (χ1) is 28.0. The molecule has 4 amide bonds. The molecule has 0 saturated carbocycles. The van der Waals surface area contributed by atoms with Gasteiger partial charge in [-0.1, -0.05) is 0 Å². The number of urea groups is 2. The van der Waals surface area contributed by atoms with E-state index in [1.54, 1.807) is 12.1 Å². The van der Waals surface area contributed by atoms with Crippen LogP contribution in [0.2, 0.25) is 0 Å². The van der Waals surface area contributed by atoms with Gasteiger partial charge in [-0.05, 0) is 37.1 Å². The van der Waals surface area contributed by atoms with E-state index in [1.165, 1.54) is 59.1 Å². The zero-order chi connectivity index (χ0) is 42.5. The quantitative estimate of drug-likeness (QED) is 0.145. The van der Waals surface area contributed by atoms with Crippen molar-refractivity contribution in [2.75, 3.05) is 63.0 Å². The number of fused-ring (bicyclic) bond motifs is 8. The number of nitrogens with two attached hydrogens (primary N) is 1. The largest absolute Gasteiger partial charge is 0.477 e. The van der Waals surface area contributed by atoms with E-state index >= 15 is 0 Å². The van der Waals surface area contributed by atoms with Crippen LogP contribution < -0.4 is 36.0 Å². The molecular weight excluding hydrogens is 832 g/mol. The highest BCUT2D eigenvalue weighted by atomic mass is 35.5. The van der Waals surface area contributed by atoms with Crippen LogP contribution in [0.3, 0.4) is 0 Å². The van der Waals surface area contributed by atoms with Crippen molar-refractivity contribution >= 4 is 70.9 Å². The third-order valence-corrected chi connectivity index (χ3v) is 9.31. The number of aromatic carboxylic acids is 1. The number of nitrogens with zero attached hydrogens (tertiary/aromatic N) is 10. The lowest BCUT2D eigenvalue weighted by Gasteiger charge is -2.35. The molecule has 8 heterocycles. The SMILES string of the molecule is Cl.NCC(F)(F)F.O=C(CCC(F)(F)F)c1ccc2c(n1)N(C(=O)Nc1cnccn1)[C@H]1CCN2C1.O=C(O)c1ccc2c(n1)N(C(=O)Nc1cnccn1)[C@H]1CCN2C1. The highest BCUT2D eigenvalue weighted by Gasteiger charge is 2.42. The lowest BCUT2D eigenvalue weighted by atomic mass is 10.1. The highest BCUT2D eigenvalue weighted by molar-refractivity contribution is 6.06. The number of carboxylic acid groups (broad SMARTS) is 1. The number of nitrogens with one attached hydrogen (secondary N) is 2. The number of Topliss-reactive ketones (excluding diaryl/α,β-unsaturated/α-hetero) is 1. The van der Waals surface area contributed by atoms with Crippen LogP contribution in [0.4, 0.5) is 70.6 Å². The lowest BCUT2D eigenvalue weighted by Crippen LogP contribution is -2.48. The van der Waals surface area contributed by atoms with Crippen molar-refractivity contribution in [2.24, 2.45) is 5.73 Å². The standard InChI is InChI=1S/C18H17F3N6O2.C15H14N6O3.C2H4F3N.ClH/c19-18(20,21)5-3-14(28)12-1-2-13-16(24-12)27(11-4-8-26(13)10-11)17(29)25-15-9-22-6-7-23-15;22-14(23)10-1-2-11-13(18-10)21(9-3-6-20(11)8-9)15(24)19-12-7-16-4-5-17-12;3-2(4,5)1-6;/h1-2,6-7,9,11H,3-5,8,10H2,(H,23,25,29);1-2,4-5,7,9H,3,6,8H2,(H,22,23)(H,17,19,24);1,6H2;1H/t11-;9-;;/m00../s1. The maximum absolute atomic E-state index is 12.9. The summed E-state index contributed by atoms with van der Waals surface area (Å²) in [6.45, 7) is 1.61. The fourth-order valence-corrected chi connectivity index (χ4v) is 6.67. The second kappa shape index (κ2) is 18.7. The number of hydrogen-bond donors (Lipinski definition) is 4. The molecule has 8 rings (SSSR count). The third-order valence-electron chi connectivity index (χ3n) is 9.31. The molecule has 0 radical (unpaired) electrons. The van der Waals surface area contributed by atoms with Crippen molar-refractivity contribution in [3.63, 3.8) is 0 Å². The molecule has 4 aliphatic heterocycles. The van der Waals surface area contributed by atoms with Crippen LogP contribution in [0.1, 0.15) is 46.7 Å². The minimum atomic E-state index is -4.42. The monoisotopic (exact) mass is 867 g/mol. The molecule has 4 aromatic rings. The molecule has 0 spiro atoms. The average molecular weight is 868 g/mol. The number of carboxylic acids is 1. The molecule has 2 fully saturated rings. The van der Waals surface area contributed by atoms with Gasteiger partial charge in [-0.2, -0.15) is 26.3 Å². The summed E-state index contributed by atoms with van der Waals surface area (Å²) in [6, 6.07) is 5.12. The molecular formula is C35H36ClF6N13O5. The first-order valence-corrected chi connectivity index (χ1v) is 17.9. The highest BCUT2D eigenvalue weighted by Crippen LogP contribution is 2.40. The van der Waals surface area contributed by atoms with Crippen molar-refractivity contribution in [2.45, 2.75) is 50.1 Å². The lowest BCUT2D eigenvalue weighted by molar-refractivity contribution is -0.133. The molecule has 2 atom stereocenters. The van der Waals surface area contributed by atoms with Gasteiger partial charge >= 0.3 is 30.4 Å². The Morgan fingerprint density at radius 3 is 1.57 bits per heavy atom. The topological polar surface area (TPSA) is 229 Å². The third kappa shape index (κ3) is 10.8. The molecule has 0 aliphatic carbocycles. The summed E-state index contributed by atoms with van der Waals surface area (Å²) in [6.07, 6.45) is -0.234. The summed E-state index contributed by atoms with van der Waals surface area (Å²) in [7, 11) is 0. The maximum atomic E-state index is 12.9. The van der Waals surface area contributed by atoms with Gasteiger partial charge in [0, 0.05) is 57.4 Å². The number of pyridine rings is 2. The normalized spacial score (nSPS) is 17.1. The molecule has 0 aromatic carbocycles. The average Bonchev–Trinajstić information content (AvgIpc) is 3.82. The van der Waals surface area contributed by atoms with Gasteiger partial charge in [0.1, 0.15) is 5.69 Å². The second-order valence-corrected chi connectivity index (χ2v) is 13.3. The van der Waals surface area contributed by atoms with E-state index in [1.807, 2.05) is 4.90 Å². The molecule has 0 unspecified atom stereocenters. The summed E-state index contributed by atoms with van der Waals surface area (Å²) in [4.78, 5) is 80.5. The van der Waals surface area contributed by atoms with Gasteiger partial charge in [-0.3, -0.25) is 35.2 Å². The summed E-state index contributed by atoms with van der Waals surface area (Å²) in [5.74, 6) is -0.619. The van der Waals surface area contributed by atoms with E-state index in [0.29, 0.717) is 36.8 Å². The summed E-state index contributed by atoms with van der Waals surface area (Å²) < 4.78 is 69.3. The Morgan fingerprint density at radius 1 is 0.717 bits per heavy atom. The van der Waals surface area contributed by atoms with Crippen molar-refractivity contribution in [3.05, 3.63) is 72.8 Å². The molecule has 2 saturated heterocycles. The molecule has 320 valence electrons. The van der Waals surface area contributed by atoms with Crippen LogP contribution in [-0.4, -0.2) is 116 Å². The molecule has 4 aromatic heterocycles. The Hall–Kier alpha value is -6.43. The van der Waals surface area contributed by atoms with Crippen LogP contribution in [-0.2, 0) is 0 Å². The minimum absolute atomic E-state index is 0. The molecule has 4 aliphatic rings. The van der Waals surface area contributed by atoms with Gasteiger partial charge in [0.2, 0.25) is 0 Å². The van der Waals surface area contributed by atoms with E-state index in [2.05, 4.69) is 51.2 Å². The smallest absolute Gasteiger partial charge is 0.400 e. The predicted molar refractivity (Wildman–Crippen MR) is 206 cm³/mol. The fraction of sp³-hybridized carbons (Fsp3) is 0.371. The van der Waals surface area contributed by atoms with Gasteiger partial charge in [-0.25, -0.2) is 34.3 Å². The molecule has 18 nitrogen and oxygen atoms in total. The number of carbonyl (C=O) groups is 4. The Morgan fingerprint density at radius 2 is 1.17 bits per heavy atom. The molecule has 25 heteroatoms. The number of anilines is 6. The Bertz CT molecular complexity index is 2180. The van der Waals surface area contributed by atoms with Gasteiger partial charge < -0.3 is 20.6 Å². The van der Waals surface area contributed by atoms with Crippen molar-refractivity contribution < 1.29 is 50.6 Å². The predicted octanol–water partition coefficient (Wildman–Crippen LogP) is 5.16. The number of carbonyl (C=O) groups excluding carboxylic acids is 3. The van der Waals surface area contributed by atoms with Crippen molar-refractivity contribution in [1.82, 2.24) is 29.9 Å². The first-order valence-electron chi connectivity index (χ1n) is 17.9. The number of ketones is 1. The van der Waals surface area contributed by atoms with Crippen LogP contribution in [0.5, 0.6) is 0 Å². The van der Waals surface area contributed by atoms with E-state index in [9.17, 15) is 50.6 Å². The summed E-state index contributed by atoms with van der Waals surface area (Å²) in [5.41, 5.74) is 5.44. The van der Waals surface area contributed by atoms with Crippen LogP contribution in [0, 0.1) is 0 Å². The molecule has 5 N–H and O–H groups in total. The molecule has 60 heavy (non-hydrogen) atoms. The van der Waals surface area contributed by atoms with Crippen LogP contribution >= 0.6 is 12.4 Å². The number of alkyl halides is 6. The van der Waals surface area contributed by atoms with Crippen molar-refractivity contribution in [3.8, 4) is 0 Å². The van der Waals surface area contributed by atoms with Gasteiger partial charge in [-0.15, -0.1) is 12.4 Å². The Balaban J connectivity index is 0.000000200. The second-order valence-electron chi connectivity index (χ2n) is 13.3. The number of halogens is 7. The number of aromatic nitrogens is 6. The summed E-state index contributed by atoms with van der Waals surface area (Å²) >= 11 is 0. The maximum Gasteiger partial charge on any atom is 0.400 e. The van der Waals surface area contributed by atoms with E-state index < -0.39 is 55.6 Å². The molecule has 4 bridgehead atoms. The number of hydrogen-bond acceptors (Lipinski definition) is 13. The van der Waals surface area contributed by atoms with E-state index in [-0.39, 0.29) is 47.5 Å². The zero-order valence-corrected chi connectivity index (χ0v) is 31.9. The van der Waals surface area contributed by atoms with Gasteiger partial charge in [0.25, 0.3) is 0 Å². The van der Waals surface area contributed by atoms with E-state index in [4.69, 9.17) is 0 Å². The minimum Gasteiger partial charge on any atom is -0.477 e. The van der Waals surface area contributed by atoms with Gasteiger partial charge in [0.15, 0.2) is 34.7 Å². The Kier molecular flexibility index (Phi) is 13.9. The summed E-state index contributed by atoms with van der Waals surface area (Å²) in [5, 5.41) is 14.5. The van der Waals surface area contributed by atoms with Crippen LogP contribution in [0.15, 0.2) is 61.4 Å². The fourth-order valence-electron chi connectivity index (χ4n) is 6.67. The zero-order valence-electron chi connectivity index (χ0n) is 31.1.